The fourth-order valence-corrected chi connectivity index (χ4v) is 5.79. The number of anilines is 1. The van der Waals surface area contributed by atoms with Gasteiger partial charge in [0, 0.05) is 30.6 Å². The highest BCUT2D eigenvalue weighted by molar-refractivity contribution is 6.30. The minimum atomic E-state index is -0.333. The number of hydrogen-bond donors (Lipinski definition) is 3. The van der Waals surface area contributed by atoms with E-state index in [9.17, 15) is 19.1 Å². The number of unbranched alkanes of at least 4 members (excludes halogenated alkanes) is 2. The highest BCUT2D eigenvalue weighted by atomic mass is 35.5. The van der Waals surface area contributed by atoms with Gasteiger partial charge in [-0.3, -0.25) is 9.59 Å². The third-order valence-electron chi connectivity index (χ3n) is 7.54. The fraction of sp³-hybridized carbons (Fsp3) is 0.533. The predicted molar refractivity (Wildman–Crippen MR) is 151 cm³/mol. The third-order valence-corrected chi connectivity index (χ3v) is 7.76. The Morgan fingerprint density at radius 1 is 1.10 bits per heavy atom. The second-order valence-corrected chi connectivity index (χ2v) is 10.9. The van der Waals surface area contributed by atoms with E-state index >= 15 is 0 Å². The lowest BCUT2D eigenvalue weighted by atomic mass is 9.93. The van der Waals surface area contributed by atoms with Gasteiger partial charge in [0.15, 0.2) is 12.4 Å². The standard InChI is InChI=1S/C30H39ClFN3O4/c31-23-17-21(18-24(32)19-23)12-14-33-15-13-28(38)35(25-8-4-1-5-9-25)16-6-2-3-7-22-10-11-26(36)29-30(22)39-20-27(37)34-29/h10-11,17-19,25,33,36H,1-9,12-16,20H2,(H,34,37). The van der Waals surface area contributed by atoms with Gasteiger partial charge < -0.3 is 25.4 Å². The third kappa shape index (κ3) is 8.57. The SMILES string of the molecule is O=C1COc2c(CCCCCN(C(=O)CCNCCc3cc(F)cc(Cl)c3)C3CCCCC3)ccc(O)c2N1. The fourth-order valence-electron chi connectivity index (χ4n) is 5.54. The average molecular weight is 560 g/mol. The van der Waals surface area contributed by atoms with Crippen molar-refractivity contribution in [2.45, 2.75) is 76.7 Å². The van der Waals surface area contributed by atoms with Gasteiger partial charge in [-0.25, -0.2) is 4.39 Å². The van der Waals surface area contributed by atoms with Crippen LogP contribution < -0.4 is 15.4 Å². The predicted octanol–water partition coefficient (Wildman–Crippen LogP) is 5.61. The Morgan fingerprint density at radius 2 is 1.92 bits per heavy atom. The molecule has 2 amide bonds. The molecule has 0 spiro atoms. The molecule has 1 fully saturated rings. The number of amides is 2. The van der Waals surface area contributed by atoms with Crippen LogP contribution in [-0.2, 0) is 22.4 Å². The molecule has 4 rings (SSSR count). The number of benzene rings is 2. The molecule has 39 heavy (non-hydrogen) atoms. The van der Waals surface area contributed by atoms with Crippen molar-refractivity contribution in [2.75, 3.05) is 31.6 Å². The molecule has 0 bridgehead atoms. The maximum Gasteiger partial charge on any atom is 0.262 e. The lowest BCUT2D eigenvalue weighted by molar-refractivity contribution is -0.134. The van der Waals surface area contributed by atoms with Crippen LogP contribution in [0.2, 0.25) is 5.02 Å². The van der Waals surface area contributed by atoms with E-state index in [1.54, 1.807) is 12.1 Å². The van der Waals surface area contributed by atoms with Crippen molar-refractivity contribution >= 4 is 29.1 Å². The molecule has 7 nitrogen and oxygen atoms in total. The zero-order valence-corrected chi connectivity index (χ0v) is 23.2. The molecule has 3 N–H and O–H groups in total. The minimum absolute atomic E-state index is 0.0105. The number of aryl methyl sites for hydroxylation is 1. The van der Waals surface area contributed by atoms with Crippen LogP contribution >= 0.6 is 11.6 Å². The molecule has 2 aromatic rings. The maximum atomic E-state index is 13.5. The Bertz CT molecular complexity index is 1120. The summed E-state index contributed by atoms with van der Waals surface area (Å²) in [5, 5.41) is 16.5. The number of carbonyl (C=O) groups excluding carboxylic acids is 2. The first-order chi connectivity index (χ1) is 18.9. The van der Waals surface area contributed by atoms with Gasteiger partial charge in [0.2, 0.25) is 5.91 Å². The van der Waals surface area contributed by atoms with Gasteiger partial charge in [0.1, 0.15) is 17.3 Å². The van der Waals surface area contributed by atoms with Gasteiger partial charge in [0.05, 0.1) is 0 Å². The first-order valence-corrected chi connectivity index (χ1v) is 14.5. The van der Waals surface area contributed by atoms with Gasteiger partial charge in [-0.2, -0.15) is 0 Å². The molecule has 0 unspecified atom stereocenters. The summed E-state index contributed by atoms with van der Waals surface area (Å²) in [6, 6.07) is 8.32. The van der Waals surface area contributed by atoms with Crippen molar-refractivity contribution in [1.82, 2.24) is 10.2 Å². The van der Waals surface area contributed by atoms with E-state index < -0.39 is 0 Å². The number of hydrogen-bond acceptors (Lipinski definition) is 5. The number of nitrogens with zero attached hydrogens (tertiary/aromatic N) is 1. The molecule has 1 aliphatic heterocycles. The molecule has 0 saturated heterocycles. The van der Waals surface area contributed by atoms with Crippen molar-refractivity contribution in [1.29, 1.82) is 0 Å². The number of aromatic hydroxyl groups is 1. The molecule has 1 aliphatic carbocycles. The smallest absolute Gasteiger partial charge is 0.262 e. The number of carbonyl (C=O) groups is 2. The quantitative estimate of drug-likeness (QED) is 0.219. The van der Waals surface area contributed by atoms with Crippen LogP contribution in [0.5, 0.6) is 11.5 Å². The summed E-state index contributed by atoms with van der Waals surface area (Å²) in [5.41, 5.74) is 2.16. The normalized spacial score (nSPS) is 15.4. The largest absolute Gasteiger partial charge is 0.506 e. The zero-order valence-electron chi connectivity index (χ0n) is 22.4. The number of halogens is 2. The van der Waals surface area contributed by atoms with E-state index in [1.807, 2.05) is 6.07 Å². The highest BCUT2D eigenvalue weighted by Crippen LogP contribution is 2.39. The molecule has 212 valence electrons. The van der Waals surface area contributed by atoms with Crippen LogP contribution in [0.3, 0.4) is 0 Å². The lowest BCUT2D eigenvalue weighted by Crippen LogP contribution is -2.43. The highest BCUT2D eigenvalue weighted by Gasteiger charge is 2.25. The van der Waals surface area contributed by atoms with Crippen LogP contribution in [0, 0.1) is 5.82 Å². The summed E-state index contributed by atoms with van der Waals surface area (Å²) >= 11 is 5.93. The van der Waals surface area contributed by atoms with Crippen molar-refractivity contribution in [2.24, 2.45) is 0 Å². The van der Waals surface area contributed by atoms with Crippen LogP contribution in [0.4, 0.5) is 10.1 Å². The molecule has 1 saturated carbocycles. The Hall–Kier alpha value is -2.84. The molecular weight excluding hydrogens is 521 g/mol. The van der Waals surface area contributed by atoms with E-state index in [0.29, 0.717) is 48.4 Å². The van der Waals surface area contributed by atoms with Crippen LogP contribution in [0.1, 0.15) is 68.9 Å². The number of nitrogens with one attached hydrogen (secondary N) is 2. The molecule has 9 heteroatoms. The lowest BCUT2D eigenvalue weighted by Gasteiger charge is -2.34. The number of rotatable bonds is 13. The molecule has 2 aliphatic rings. The molecule has 2 aromatic carbocycles. The van der Waals surface area contributed by atoms with Crippen molar-refractivity contribution < 1.29 is 23.8 Å². The summed E-state index contributed by atoms with van der Waals surface area (Å²) < 4.78 is 19.1. The average Bonchev–Trinajstić information content (AvgIpc) is 2.91. The van der Waals surface area contributed by atoms with Crippen molar-refractivity contribution in [3.8, 4) is 11.5 Å². The molecule has 0 aromatic heterocycles. The Labute approximate surface area is 235 Å². The first kappa shape index (κ1) is 29.2. The molecule has 0 atom stereocenters. The number of phenolic OH excluding ortho intramolecular Hbond substituents is 1. The van der Waals surface area contributed by atoms with Gasteiger partial charge in [-0.05, 0) is 80.5 Å². The van der Waals surface area contributed by atoms with Crippen LogP contribution in [-0.4, -0.2) is 54.1 Å². The Balaban J connectivity index is 1.21. The van der Waals surface area contributed by atoms with Crippen LogP contribution in [0.15, 0.2) is 30.3 Å². The summed E-state index contributed by atoms with van der Waals surface area (Å²) in [6.45, 7) is 1.96. The van der Waals surface area contributed by atoms with E-state index in [0.717, 1.165) is 56.2 Å². The van der Waals surface area contributed by atoms with Gasteiger partial charge in [-0.15, -0.1) is 0 Å². The summed E-state index contributed by atoms with van der Waals surface area (Å²) in [6.07, 6.45) is 10.4. The molecular formula is C30H39ClFN3O4. The van der Waals surface area contributed by atoms with E-state index in [1.165, 1.54) is 31.4 Å². The van der Waals surface area contributed by atoms with E-state index in [-0.39, 0.29) is 30.0 Å². The summed E-state index contributed by atoms with van der Waals surface area (Å²) in [5.74, 6) is 0.159. The number of fused-ring (bicyclic) bond motifs is 1. The summed E-state index contributed by atoms with van der Waals surface area (Å²) in [7, 11) is 0. The van der Waals surface area contributed by atoms with E-state index in [4.69, 9.17) is 16.3 Å². The van der Waals surface area contributed by atoms with Crippen molar-refractivity contribution in [3.05, 3.63) is 52.3 Å². The topological polar surface area (TPSA) is 90.9 Å². The Morgan fingerprint density at radius 3 is 2.72 bits per heavy atom. The number of phenols is 1. The summed E-state index contributed by atoms with van der Waals surface area (Å²) in [4.78, 5) is 26.9. The zero-order chi connectivity index (χ0) is 27.6. The van der Waals surface area contributed by atoms with Gasteiger partial charge in [-0.1, -0.05) is 43.4 Å². The van der Waals surface area contributed by atoms with Gasteiger partial charge in [0.25, 0.3) is 5.91 Å². The maximum absolute atomic E-state index is 13.5. The number of ether oxygens (including phenoxy) is 1. The molecule has 1 heterocycles. The second kappa shape index (κ2) is 14.5. The van der Waals surface area contributed by atoms with Gasteiger partial charge >= 0.3 is 0 Å². The molecule has 0 radical (unpaired) electrons. The van der Waals surface area contributed by atoms with E-state index in [2.05, 4.69) is 15.5 Å². The van der Waals surface area contributed by atoms with Crippen LogP contribution in [0.25, 0.3) is 0 Å². The monoisotopic (exact) mass is 559 g/mol. The Kier molecular flexibility index (Phi) is 10.9. The second-order valence-electron chi connectivity index (χ2n) is 10.5. The minimum Gasteiger partial charge on any atom is -0.506 e. The first-order valence-electron chi connectivity index (χ1n) is 14.1. The van der Waals surface area contributed by atoms with Crippen molar-refractivity contribution in [3.63, 3.8) is 0 Å².